The van der Waals surface area contributed by atoms with E-state index in [0.717, 1.165) is 6.07 Å². The van der Waals surface area contributed by atoms with Crippen LogP contribution in [0.5, 0.6) is 0 Å². The van der Waals surface area contributed by atoms with Crippen molar-refractivity contribution in [2.24, 2.45) is 0 Å². The zero-order chi connectivity index (χ0) is 14.2. The Morgan fingerprint density at radius 1 is 1.42 bits per heavy atom. The van der Waals surface area contributed by atoms with Gasteiger partial charge in [0.05, 0.1) is 10.4 Å². The van der Waals surface area contributed by atoms with Crippen LogP contribution in [0.4, 0.5) is 8.78 Å². The molecular weight excluding hydrogens is 322 g/mol. The molecule has 0 bridgehead atoms. The predicted octanol–water partition coefficient (Wildman–Crippen LogP) is 3.47. The van der Waals surface area contributed by atoms with Crippen LogP contribution in [-0.2, 0) is 4.79 Å². The van der Waals surface area contributed by atoms with Crippen LogP contribution >= 0.6 is 15.9 Å². The van der Waals surface area contributed by atoms with Gasteiger partial charge in [0, 0.05) is 5.56 Å². The number of ketones is 1. The molecule has 0 spiro atoms. The molecule has 0 aliphatic carbocycles. The molecule has 0 fully saturated rings. The molecule has 0 aliphatic heterocycles. The number of Topliss-reactive ketones (excluding diaryl/α,β-unsaturated/α-hetero) is 1. The van der Waals surface area contributed by atoms with Gasteiger partial charge in [-0.3, -0.25) is 4.79 Å². The summed E-state index contributed by atoms with van der Waals surface area (Å²) in [7, 11) is 0. The molecule has 19 heavy (non-hydrogen) atoms. The Morgan fingerprint density at radius 3 is 2.74 bits per heavy atom. The maximum absolute atomic E-state index is 13.4. The second kappa shape index (κ2) is 5.16. The van der Waals surface area contributed by atoms with Gasteiger partial charge in [0.2, 0.25) is 11.7 Å². The topological polar surface area (TPSA) is 56.0 Å². The summed E-state index contributed by atoms with van der Waals surface area (Å²) in [5, 5.41) is 3.66. The van der Waals surface area contributed by atoms with Gasteiger partial charge in [0.25, 0.3) is 0 Å². The van der Waals surface area contributed by atoms with E-state index in [2.05, 4.69) is 26.1 Å². The van der Waals surface area contributed by atoms with Crippen LogP contribution in [-0.4, -0.2) is 15.9 Å². The third-order valence-corrected chi connectivity index (χ3v) is 3.47. The van der Waals surface area contributed by atoms with Crippen molar-refractivity contribution in [1.29, 1.82) is 0 Å². The number of carbonyl (C=O) groups is 1. The summed E-state index contributed by atoms with van der Waals surface area (Å²) in [6, 6.07) is 2.30. The van der Waals surface area contributed by atoms with Crippen molar-refractivity contribution in [2.75, 3.05) is 0 Å². The van der Waals surface area contributed by atoms with E-state index in [1.54, 1.807) is 6.92 Å². The molecule has 1 atom stereocenters. The zero-order valence-electron chi connectivity index (χ0n) is 10.1. The second-order valence-corrected chi connectivity index (χ2v) is 4.80. The molecule has 100 valence electrons. The standard InChI is InChI=1S/C12H9BrF2N2O2/c1-5(6(2)18)12-16-11(17-19-12)7-3-4-8(14)10(15)9(7)13/h3-5H,1-2H3. The second-order valence-electron chi connectivity index (χ2n) is 4.01. The van der Waals surface area contributed by atoms with Crippen LogP contribution in [0, 0.1) is 11.6 Å². The Balaban J connectivity index is 2.44. The van der Waals surface area contributed by atoms with E-state index < -0.39 is 17.6 Å². The highest BCUT2D eigenvalue weighted by Gasteiger charge is 2.21. The minimum Gasteiger partial charge on any atom is -0.338 e. The molecule has 1 aromatic heterocycles. The lowest BCUT2D eigenvalue weighted by atomic mass is 10.1. The normalized spacial score (nSPS) is 12.5. The van der Waals surface area contributed by atoms with Crippen molar-refractivity contribution < 1.29 is 18.1 Å². The average molecular weight is 331 g/mol. The molecule has 0 saturated heterocycles. The summed E-state index contributed by atoms with van der Waals surface area (Å²) in [5.41, 5.74) is 0.254. The largest absolute Gasteiger partial charge is 0.338 e. The Morgan fingerprint density at radius 2 is 2.11 bits per heavy atom. The van der Waals surface area contributed by atoms with Crippen LogP contribution in [0.2, 0.25) is 0 Å². The molecule has 0 N–H and O–H groups in total. The highest BCUT2D eigenvalue weighted by Crippen LogP contribution is 2.30. The number of carbonyl (C=O) groups excluding carboxylic acids is 1. The first kappa shape index (κ1) is 13.8. The van der Waals surface area contributed by atoms with Crippen LogP contribution in [0.1, 0.15) is 25.7 Å². The maximum atomic E-state index is 13.4. The number of hydrogen-bond acceptors (Lipinski definition) is 4. The van der Waals surface area contributed by atoms with Crippen molar-refractivity contribution in [3.05, 3.63) is 34.1 Å². The van der Waals surface area contributed by atoms with E-state index in [1.807, 2.05) is 0 Å². The molecule has 1 heterocycles. The minimum absolute atomic E-state index is 0.0877. The fraction of sp³-hybridized carbons (Fsp3) is 0.250. The molecule has 0 radical (unpaired) electrons. The molecule has 0 aliphatic rings. The van der Waals surface area contributed by atoms with Gasteiger partial charge in [0.1, 0.15) is 5.78 Å². The van der Waals surface area contributed by atoms with Crippen LogP contribution in [0.25, 0.3) is 11.4 Å². The maximum Gasteiger partial charge on any atom is 0.237 e. The quantitative estimate of drug-likeness (QED) is 0.808. The molecule has 4 nitrogen and oxygen atoms in total. The van der Waals surface area contributed by atoms with Gasteiger partial charge >= 0.3 is 0 Å². The van der Waals surface area contributed by atoms with Crippen LogP contribution < -0.4 is 0 Å². The lowest BCUT2D eigenvalue weighted by molar-refractivity contribution is -0.118. The van der Waals surface area contributed by atoms with Gasteiger partial charge < -0.3 is 4.52 Å². The average Bonchev–Trinajstić information content (AvgIpc) is 2.84. The van der Waals surface area contributed by atoms with E-state index in [-0.39, 0.29) is 27.5 Å². The number of rotatable bonds is 3. The zero-order valence-corrected chi connectivity index (χ0v) is 11.7. The van der Waals surface area contributed by atoms with E-state index >= 15 is 0 Å². The first-order valence-electron chi connectivity index (χ1n) is 5.39. The van der Waals surface area contributed by atoms with Gasteiger partial charge in [-0.15, -0.1) is 0 Å². The van der Waals surface area contributed by atoms with Crippen molar-refractivity contribution in [1.82, 2.24) is 10.1 Å². The van der Waals surface area contributed by atoms with Gasteiger partial charge in [-0.25, -0.2) is 8.78 Å². The van der Waals surface area contributed by atoms with Crippen molar-refractivity contribution in [2.45, 2.75) is 19.8 Å². The summed E-state index contributed by atoms with van der Waals surface area (Å²) >= 11 is 2.94. The van der Waals surface area contributed by atoms with Gasteiger partial charge in [-0.1, -0.05) is 5.16 Å². The first-order chi connectivity index (χ1) is 8.91. The SMILES string of the molecule is CC(=O)C(C)c1nc(-c2ccc(F)c(F)c2Br)no1. The fourth-order valence-corrected chi connectivity index (χ4v) is 1.89. The van der Waals surface area contributed by atoms with Gasteiger partial charge in [0.15, 0.2) is 11.6 Å². The Bertz CT molecular complexity index is 643. The Hall–Kier alpha value is -1.63. The summed E-state index contributed by atoms with van der Waals surface area (Å²) in [6.45, 7) is 3.03. The van der Waals surface area contributed by atoms with E-state index in [4.69, 9.17) is 4.52 Å². The molecule has 1 aromatic carbocycles. The summed E-state index contributed by atoms with van der Waals surface area (Å²) in [4.78, 5) is 15.2. The molecule has 0 saturated carbocycles. The highest BCUT2D eigenvalue weighted by atomic mass is 79.9. The molecule has 2 aromatic rings. The van der Waals surface area contributed by atoms with Crippen molar-refractivity contribution in [3.8, 4) is 11.4 Å². The highest BCUT2D eigenvalue weighted by molar-refractivity contribution is 9.10. The van der Waals surface area contributed by atoms with Gasteiger partial charge in [-0.2, -0.15) is 4.98 Å². The lowest BCUT2D eigenvalue weighted by Gasteiger charge is -2.01. The van der Waals surface area contributed by atoms with Crippen LogP contribution in [0.15, 0.2) is 21.1 Å². The predicted molar refractivity (Wildman–Crippen MR) is 66.4 cm³/mol. The van der Waals surface area contributed by atoms with E-state index in [9.17, 15) is 13.6 Å². The summed E-state index contributed by atoms with van der Waals surface area (Å²) in [5.74, 6) is -2.43. The number of aromatic nitrogens is 2. The number of halogens is 3. The third kappa shape index (κ3) is 2.56. The molecule has 0 amide bonds. The number of hydrogen-bond donors (Lipinski definition) is 0. The smallest absolute Gasteiger partial charge is 0.237 e. The van der Waals surface area contributed by atoms with E-state index in [0.29, 0.717) is 0 Å². The van der Waals surface area contributed by atoms with E-state index in [1.165, 1.54) is 13.0 Å². The molecule has 2 rings (SSSR count). The summed E-state index contributed by atoms with van der Waals surface area (Å²) in [6.07, 6.45) is 0. The number of nitrogens with zero attached hydrogens (tertiary/aromatic N) is 2. The molecule has 7 heteroatoms. The number of benzene rings is 1. The van der Waals surface area contributed by atoms with Crippen molar-refractivity contribution >= 4 is 21.7 Å². The molecule has 1 unspecified atom stereocenters. The lowest BCUT2D eigenvalue weighted by Crippen LogP contribution is -2.04. The Kier molecular flexibility index (Phi) is 3.75. The fourth-order valence-electron chi connectivity index (χ4n) is 1.39. The monoisotopic (exact) mass is 330 g/mol. The first-order valence-corrected chi connectivity index (χ1v) is 6.19. The molecular formula is C12H9BrF2N2O2. The van der Waals surface area contributed by atoms with Crippen LogP contribution in [0.3, 0.4) is 0 Å². The minimum atomic E-state index is -1.02. The van der Waals surface area contributed by atoms with Crippen molar-refractivity contribution in [3.63, 3.8) is 0 Å². The third-order valence-electron chi connectivity index (χ3n) is 2.70. The van der Waals surface area contributed by atoms with Gasteiger partial charge in [-0.05, 0) is 41.9 Å². The Labute approximate surface area is 115 Å². The summed E-state index contributed by atoms with van der Waals surface area (Å²) < 4.78 is 31.3.